The molecule has 1 aromatic carbocycles. The zero-order valence-corrected chi connectivity index (χ0v) is 9.25. The summed E-state index contributed by atoms with van der Waals surface area (Å²) in [5.41, 5.74) is 9.17. The predicted molar refractivity (Wildman–Crippen MR) is 60.9 cm³/mol. The summed E-state index contributed by atoms with van der Waals surface area (Å²) in [5, 5.41) is 0. The molecular formula is C11H18N2O2. The number of rotatable bonds is 6. The van der Waals surface area contributed by atoms with Gasteiger partial charge < -0.3 is 15.3 Å². The summed E-state index contributed by atoms with van der Waals surface area (Å²) >= 11 is 0. The third kappa shape index (κ3) is 3.67. The molecule has 1 rings (SSSR count). The Morgan fingerprint density at radius 2 is 2.13 bits per heavy atom. The van der Waals surface area contributed by atoms with Crippen LogP contribution in [-0.2, 0) is 0 Å². The summed E-state index contributed by atoms with van der Waals surface area (Å²) < 4.78 is 5.14. The van der Waals surface area contributed by atoms with Crippen LogP contribution < -0.4 is 20.8 Å². The van der Waals surface area contributed by atoms with E-state index in [4.69, 9.17) is 15.3 Å². The molecule has 0 amide bonds. The van der Waals surface area contributed by atoms with E-state index < -0.39 is 0 Å². The highest BCUT2D eigenvalue weighted by Crippen LogP contribution is 2.28. The molecule has 0 radical (unpaired) electrons. The van der Waals surface area contributed by atoms with Gasteiger partial charge in [0.2, 0.25) is 0 Å². The Labute approximate surface area is 90.3 Å². The van der Waals surface area contributed by atoms with Crippen LogP contribution in [0, 0.1) is 0 Å². The highest BCUT2D eigenvalue weighted by atomic mass is 16.7. The second-order valence-corrected chi connectivity index (χ2v) is 3.26. The first-order valence-electron chi connectivity index (χ1n) is 5.11. The Morgan fingerprint density at radius 1 is 1.33 bits per heavy atom. The summed E-state index contributed by atoms with van der Waals surface area (Å²) in [6.07, 6.45) is 2.20. The molecule has 0 fully saturated rings. The van der Waals surface area contributed by atoms with Crippen molar-refractivity contribution in [3.63, 3.8) is 0 Å². The average molecular weight is 210 g/mol. The topological polar surface area (TPSA) is 56.5 Å². The fraction of sp³-hybridized carbons (Fsp3) is 0.455. The first-order chi connectivity index (χ1) is 7.27. The minimum atomic E-state index is 0.619. The first kappa shape index (κ1) is 11.7. The quantitative estimate of drug-likeness (QED) is 0.428. The number of anilines is 1. The summed E-state index contributed by atoms with van der Waals surface area (Å²) in [6.45, 7) is 2.94. The Kier molecular flexibility index (Phi) is 4.77. The molecule has 0 spiro atoms. The van der Waals surface area contributed by atoms with Gasteiger partial charge in [-0.3, -0.25) is 0 Å². The Morgan fingerprint density at radius 3 is 2.80 bits per heavy atom. The van der Waals surface area contributed by atoms with Crippen molar-refractivity contribution in [2.45, 2.75) is 19.8 Å². The third-order valence-corrected chi connectivity index (χ3v) is 2.00. The third-order valence-electron chi connectivity index (χ3n) is 2.00. The molecule has 0 aliphatic carbocycles. The zero-order valence-electron chi connectivity index (χ0n) is 9.25. The molecule has 84 valence electrons. The van der Waals surface area contributed by atoms with Crippen molar-refractivity contribution >= 4 is 5.69 Å². The SMILES string of the molecule is CCCCNOc1cc(N)ccc1OC. The van der Waals surface area contributed by atoms with Crippen molar-refractivity contribution in [1.82, 2.24) is 5.48 Å². The van der Waals surface area contributed by atoms with Crippen LogP contribution in [0.4, 0.5) is 5.69 Å². The van der Waals surface area contributed by atoms with Crippen LogP contribution in [0.25, 0.3) is 0 Å². The molecule has 0 bridgehead atoms. The van der Waals surface area contributed by atoms with Crippen LogP contribution in [0.15, 0.2) is 18.2 Å². The lowest BCUT2D eigenvalue weighted by Gasteiger charge is -2.10. The molecule has 15 heavy (non-hydrogen) atoms. The highest BCUT2D eigenvalue weighted by Gasteiger charge is 2.04. The molecule has 4 heteroatoms. The van der Waals surface area contributed by atoms with E-state index in [1.807, 2.05) is 0 Å². The summed E-state index contributed by atoms with van der Waals surface area (Å²) in [4.78, 5) is 5.36. The van der Waals surface area contributed by atoms with Crippen molar-refractivity contribution in [1.29, 1.82) is 0 Å². The number of hydrogen-bond donors (Lipinski definition) is 2. The lowest BCUT2D eigenvalue weighted by Crippen LogP contribution is -2.19. The molecule has 0 unspecified atom stereocenters. The van der Waals surface area contributed by atoms with Gasteiger partial charge in [-0.05, 0) is 18.6 Å². The number of nitrogen functional groups attached to an aromatic ring is 1. The van der Waals surface area contributed by atoms with Crippen LogP contribution in [0.1, 0.15) is 19.8 Å². The van der Waals surface area contributed by atoms with Gasteiger partial charge in [0.1, 0.15) is 0 Å². The Hall–Kier alpha value is -1.42. The van der Waals surface area contributed by atoms with E-state index in [1.165, 1.54) is 0 Å². The molecule has 4 nitrogen and oxygen atoms in total. The minimum absolute atomic E-state index is 0.619. The van der Waals surface area contributed by atoms with E-state index in [0.717, 1.165) is 19.4 Å². The molecule has 0 atom stereocenters. The molecule has 0 aliphatic rings. The molecular weight excluding hydrogens is 192 g/mol. The van der Waals surface area contributed by atoms with Crippen LogP contribution in [-0.4, -0.2) is 13.7 Å². The number of benzene rings is 1. The Balaban J connectivity index is 2.54. The molecule has 0 aliphatic heterocycles. The standard InChI is InChI=1S/C11H18N2O2/c1-3-4-7-13-15-11-8-9(12)5-6-10(11)14-2/h5-6,8,13H,3-4,7,12H2,1-2H3. The van der Waals surface area contributed by atoms with E-state index in [2.05, 4.69) is 12.4 Å². The normalized spacial score (nSPS) is 10.0. The van der Waals surface area contributed by atoms with Crippen molar-refractivity contribution in [3.05, 3.63) is 18.2 Å². The van der Waals surface area contributed by atoms with Gasteiger partial charge in [-0.15, -0.1) is 0 Å². The van der Waals surface area contributed by atoms with Gasteiger partial charge in [0.25, 0.3) is 0 Å². The van der Waals surface area contributed by atoms with Crippen molar-refractivity contribution < 1.29 is 9.57 Å². The lowest BCUT2D eigenvalue weighted by molar-refractivity contribution is 0.186. The fourth-order valence-electron chi connectivity index (χ4n) is 1.15. The van der Waals surface area contributed by atoms with Gasteiger partial charge in [-0.1, -0.05) is 13.3 Å². The van der Waals surface area contributed by atoms with E-state index in [9.17, 15) is 0 Å². The van der Waals surface area contributed by atoms with Gasteiger partial charge in [0.15, 0.2) is 11.5 Å². The molecule has 0 saturated heterocycles. The number of hydroxylamine groups is 1. The predicted octanol–water partition coefficient (Wildman–Crippen LogP) is 1.96. The maximum Gasteiger partial charge on any atom is 0.190 e. The Bertz CT molecular complexity index is 303. The van der Waals surface area contributed by atoms with Crippen molar-refractivity contribution in [3.8, 4) is 11.5 Å². The smallest absolute Gasteiger partial charge is 0.190 e. The monoisotopic (exact) mass is 210 g/mol. The molecule has 1 aromatic rings. The summed E-state index contributed by atoms with van der Waals surface area (Å²) in [6, 6.07) is 5.29. The second kappa shape index (κ2) is 6.14. The number of hydrogen-bond acceptors (Lipinski definition) is 4. The van der Waals surface area contributed by atoms with E-state index in [0.29, 0.717) is 17.2 Å². The van der Waals surface area contributed by atoms with Crippen molar-refractivity contribution in [2.24, 2.45) is 0 Å². The number of nitrogens with one attached hydrogen (secondary N) is 1. The lowest BCUT2D eigenvalue weighted by atomic mass is 10.3. The van der Waals surface area contributed by atoms with Crippen LogP contribution in [0.2, 0.25) is 0 Å². The van der Waals surface area contributed by atoms with E-state index in [1.54, 1.807) is 25.3 Å². The summed E-state index contributed by atoms with van der Waals surface area (Å²) in [5.74, 6) is 1.29. The average Bonchev–Trinajstić information content (AvgIpc) is 2.25. The maximum atomic E-state index is 5.65. The number of unbranched alkanes of at least 4 members (excludes halogenated alkanes) is 1. The van der Waals surface area contributed by atoms with Gasteiger partial charge in [0.05, 0.1) is 7.11 Å². The van der Waals surface area contributed by atoms with Crippen LogP contribution in [0.5, 0.6) is 11.5 Å². The number of nitrogens with two attached hydrogens (primary N) is 1. The first-order valence-corrected chi connectivity index (χ1v) is 5.11. The molecule has 3 N–H and O–H groups in total. The van der Waals surface area contributed by atoms with Gasteiger partial charge in [0, 0.05) is 18.3 Å². The summed E-state index contributed by atoms with van der Waals surface area (Å²) in [7, 11) is 1.60. The van der Waals surface area contributed by atoms with Crippen molar-refractivity contribution in [2.75, 3.05) is 19.4 Å². The number of methoxy groups -OCH3 is 1. The van der Waals surface area contributed by atoms with Gasteiger partial charge in [-0.2, -0.15) is 5.48 Å². The van der Waals surface area contributed by atoms with Crippen LogP contribution >= 0.6 is 0 Å². The highest BCUT2D eigenvalue weighted by molar-refractivity contribution is 5.51. The van der Waals surface area contributed by atoms with E-state index in [-0.39, 0.29) is 0 Å². The largest absolute Gasteiger partial charge is 0.493 e. The van der Waals surface area contributed by atoms with Gasteiger partial charge >= 0.3 is 0 Å². The van der Waals surface area contributed by atoms with E-state index >= 15 is 0 Å². The zero-order chi connectivity index (χ0) is 11.1. The molecule has 0 heterocycles. The molecule has 0 aromatic heterocycles. The molecule has 0 saturated carbocycles. The fourth-order valence-corrected chi connectivity index (χ4v) is 1.15. The van der Waals surface area contributed by atoms with Crippen LogP contribution in [0.3, 0.4) is 0 Å². The minimum Gasteiger partial charge on any atom is -0.493 e. The maximum absolute atomic E-state index is 5.65. The second-order valence-electron chi connectivity index (χ2n) is 3.26. The van der Waals surface area contributed by atoms with Gasteiger partial charge in [-0.25, -0.2) is 0 Å². The number of ether oxygens (including phenoxy) is 1.